The molecule has 2 N–H and O–H groups in total. The highest BCUT2D eigenvalue weighted by atomic mass is 16.6. The number of aromatic nitrogens is 3. The van der Waals surface area contributed by atoms with Crippen LogP contribution in [0.4, 0.5) is 4.79 Å². The number of H-pyrrole nitrogens is 1. The summed E-state index contributed by atoms with van der Waals surface area (Å²) in [5.41, 5.74) is 4.47. The second-order valence-electron chi connectivity index (χ2n) is 15.4. The third-order valence-electron chi connectivity index (χ3n) is 11.2. The largest absolute Gasteiger partial charge is 0.507 e. The van der Waals surface area contributed by atoms with Crippen LogP contribution in [-0.4, -0.2) is 116 Å². The van der Waals surface area contributed by atoms with Gasteiger partial charge in [-0.25, -0.2) is 4.79 Å². The van der Waals surface area contributed by atoms with Gasteiger partial charge in [-0.2, -0.15) is 0 Å². The number of rotatable bonds is 5. The van der Waals surface area contributed by atoms with Gasteiger partial charge in [-0.05, 0) is 109 Å². The van der Waals surface area contributed by atoms with Crippen LogP contribution in [0, 0.1) is 5.92 Å². The van der Waals surface area contributed by atoms with Gasteiger partial charge in [0.05, 0.1) is 5.69 Å². The Bertz CT molecular complexity index is 1540. The SMILES string of the molecule is C[C@@H]1c2c([nH]c3nnc(-c4ccccc4O)cc23)CCN1C1CCN([C@H]2CC[C@@H](CN3CCN(C(=O)OC(C)(C)C)CC3)CC2)CC1. The van der Waals surface area contributed by atoms with E-state index in [0.717, 1.165) is 67.7 Å². The van der Waals surface area contributed by atoms with Gasteiger partial charge in [0.15, 0.2) is 5.65 Å². The molecule has 5 heterocycles. The molecule has 4 aliphatic rings. The van der Waals surface area contributed by atoms with Crippen LogP contribution in [0.2, 0.25) is 0 Å². The minimum absolute atomic E-state index is 0.173. The molecule has 2 aromatic heterocycles. The Hall–Kier alpha value is -3.21. The van der Waals surface area contributed by atoms with E-state index in [1.807, 2.05) is 43.9 Å². The van der Waals surface area contributed by atoms with Crippen molar-refractivity contribution in [1.82, 2.24) is 34.8 Å². The van der Waals surface area contributed by atoms with Gasteiger partial charge in [0.1, 0.15) is 11.4 Å². The van der Waals surface area contributed by atoms with Crippen molar-refractivity contribution >= 4 is 17.1 Å². The summed E-state index contributed by atoms with van der Waals surface area (Å²) >= 11 is 0. The van der Waals surface area contributed by atoms with E-state index in [2.05, 4.69) is 42.9 Å². The maximum absolute atomic E-state index is 12.4. The lowest BCUT2D eigenvalue weighted by molar-refractivity contribution is 0.0114. The lowest BCUT2D eigenvalue weighted by Gasteiger charge is -2.46. The fraction of sp³-hybridized carbons (Fsp3) is 0.649. The molecular formula is C37H53N7O3. The van der Waals surface area contributed by atoms with Gasteiger partial charge in [0, 0.05) is 80.5 Å². The molecule has 47 heavy (non-hydrogen) atoms. The molecule has 0 bridgehead atoms. The van der Waals surface area contributed by atoms with Crippen LogP contribution in [0.3, 0.4) is 0 Å². The summed E-state index contributed by atoms with van der Waals surface area (Å²) in [5, 5.41) is 20.5. The lowest BCUT2D eigenvalue weighted by atomic mass is 9.84. The number of aromatic hydroxyl groups is 1. The maximum atomic E-state index is 12.4. The predicted octanol–water partition coefficient (Wildman–Crippen LogP) is 5.83. The van der Waals surface area contributed by atoms with Gasteiger partial charge in [0.2, 0.25) is 0 Å². The zero-order chi connectivity index (χ0) is 32.7. The summed E-state index contributed by atoms with van der Waals surface area (Å²) in [5.74, 6) is 1.00. The standard InChI is InChI=1S/C37H53N7O3/c1-25-34-30-23-32(29-7-5-6-8-33(29)45)39-40-35(30)38-31(34)15-18-44(25)28-13-16-42(17-14-28)27-11-9-26(10-12-27)24-41-19-21-43(22-20-41)36(46)47-37(2,3)4/h5-8,23,25-28,45H,9-22,24H2,1-4H3,(H,38,40)/t25-,26-,27+/m1/s1. The first kappa shape index (κ1) is 32.3. The number of nitrogens with one attached hydrogen (secondary N) is 1. The normalized spacial score (nSPS) is 25.6. The van der Waals surface area contributed by atoms with Gasteiger partial charge in [-0.3, -0.25) is 9.80 Å². The number of piperidine rings is 1. The summed E-state index contributed by atoms with van der Waals surface area (Å²) < 4.78 is 5.57. The van der Waals surface area contributed by atoms with Crippen LogP contribution in [0.25, 0.3) is 22.3 Å². The molecule has 3 aromatic rings. The highest BCUT2D eigenvalue weighted by Crippen LogP contribution is 2.40. The monoisotopic (exact) mass is 643 g/mol. The molecule has 3 fully saturated rings. The molecule has 254 valence electrons. The van der Waals surface area contributed by atoms with Crippen LogP contribution in [0.5, 0.6) is 5.75 Å². The molecule has 1 aliphatic carbocycles. The van der Waals surface area contributed by atoms with Gasteiger partial charge >= 0.3 is 6.09 Å². The third kappa shape index (κ3) is 7.01. The highest BCUT2D eigenvalue weighted by molar-refractivity contribution is 5.86. The van der Waals surface area contributed by atoms with E-state index in [1.165, 1.54) is 69.4 Å². The van der Waals surface area contributed by atoms with Crippen molar-refractivity contribution in [2.45, 2.75) is 96.4 Å². The number of amides is 1. The predicted molar refractivity (Wildman–Crippen MR) is 184 cm³/mol. The van der Waals surface area contributed by atoms with E-state index < -0.39 is 5.60 Å². The molecule has 7 rings (SSSR count). The first-order valence-electron chi connectivity index (χ1n) is 18.0. The van der Waals surface area contributed by atoms with E-state index in [9.17, 15) is 9.90 Å². The third-order valence-corrected chi connectivity index (χ3v) is 11.2. The van der Waals surface area contributed by atoms with Gasteiger partial charge in [-0.15, -0.1) is 10.2 Å². The van der Waals surface area contributed by atoms with Crippen molar-refractivity contribution in [1.29, 1.82) is 0 Å². The summed E-state index contributed by atoms with van der Waals surface area (Å²) in [4.78, 5) is 26.0. The van der Waals surface area contributed by atoms with Crippen molar-refractivity contribution in [2.75, 3.05) is 52.4 Å². The van der Waals surface area contributed by atoms with Crippen molar-refractivity contribution in [2.24, 2.45) is 5.92 Å². The topological polar surface area (TPSA) is 101 Å². The average Bonchev–Trinajstić information content (AvgIpc) is 3.44. The Morgan fingerprint density at radius 2 is 1.66 bits per heavy atom. The number of phenols is 1. The summed E-state index contributed by atoms with van der Waals surface area (Å²) in [6.45, 7) is 16.2. The summed E-state index contributed by atoms with van der Waals surface area (Å²) in [7, 11) is 0. The Balaban J connectivity index is 0.892. The van der Waals surface area contributed by atoms with E-state index in [1.54, 1.807) is 6.07 Å². The molecule has 3 aliphatic heterocycles. The number of hydrogen-bond donors (Lipinski definition) is 2. The van der Waals surface area contributed by atoms with Crippen molar-refractivity contribution < 1.29 is 14.6 Å². The Kier molecular flexibility index (Phi) is 9.19. The van der Waals surface area contributed by atoms with Gasteiger partial charge in [0.25, 0.3) is 0 Å². The first-order valence-corrected chi connectivity index (χ1v) is 18.0. The quantitative estimate of drug-likeness (QED) is 0.359. The van der Waals surface area contributed by atoms with Crippen molar-refractivity contribution in [3.05, 3.63) is 41.6 Å². The van der Waals surface area contributed by atoms with E-state index >= 15 is 0 Å². The smallest absolute Gasteiger partial charge is 0.410 e. The highest BCUT2D eigenvalue weighted by Gasteiger charge is 2.36. The maximum Gasteiger partial charge on any atom is 0.410 e. The van der Waals surface area contributed by atoms with Crippen LogP contribution in [0.15, 0.2) is 30.3 Å². The molecule has 0 radical (unpaired) electrons. The molecule has 10 heteroatoms. The van der Waals surface area contributed by atoms with Crippen molar-refractivity contribution in [3.8, 4) is 17.0 Å². The Morgan fingerprint density at radius 3 is 2.36 bits per heavy atom. The molecule has 0 unspecified atom stereocenters. The first-order chi connectivity index (χ1) is 22.6. The van der Waals surface area contributed by atoms with Crippen LogP contribution >= 0.6 is 0 Å². The van der Waals surface area contributed by atoms with Crippen LogP contribution in [-0.2, 0) is 11.2 Å². The van der Waals surface area contributed by atoms with Gasteiger partial charge in [-0.1, -0.05) is 12.1 Å². The molecule has 1 amide bonds. The van der Waals surface area contributed by atoms with E-state index in [4.69, 9.17) is 4.74 Å². The van der Waals surface area contributed by atoms with E-state index in [0.29, 0.717) is 17.8 Å². The number of ether oxygens (including phenoxy) is 1. The minimum atomic E-state index is -0.438. The number of para-hydroxylation sites is 1. The zero-order valence-electron chi connectivity index (χ0n) is 28.7. The number of aromatic amines is 1. The number of hydrogen-bond acceptors (Lipinski definition) is 8. The van der Waals surface area contributed by atoms with E-state index in [-0.39, 0.29) is 11.8 Å². The van der Waals surface area contributed by atoms with Crippen molar-refractivity contribution in [3.63, 3.8) is 0 Å². The summed E-state index contributed by atoms with van der Waals surface area (Å²) in [6, 6.07) is 11.1. The fourth-order valence-corrected chi connectivity index (χ4v) is 8.74. The number of fused-ring (bicyclic) bond motifs is 3. The zero-order valence-corrected chi connectivity index (χ0v) is 28.7. The average molecular weight is 644 g/mol. The molecule has 1 aromatic carbocycles. The lowest BCUT2D eigenvalue weighted by Crippen LogP contribution is -2.52. The Labute approximate surface area is 279 Å². The van der Waals surface area contributed by atoms with Crippen LogP contribution < -0.4 is 0 Å². The number of likely N-dealkylation sites (tertiary alicyclic amines) is 1. The second kappa shape index (κ2) is 13.4. The van der Waals surface area contributed by atoms with Crippen LogP contribution in [0.1, 0.15) is 83.5 Å². The molecule has 2 saturated heterocycles. The number of carbonyl (C=O) groups excluding carboxylic acids is 1. The molecule has 10 nitrogen and oxygen atoms in total. The number of carbonyl (C=O) groups is 1. The number of piperazine rings is 1. The molecule has 0 spiro atoms. The molecule has 1 saturated carbocycles. The fourth-order valence-electron chi connectivity index (χ4n) is 8.74. The second-order valence-corrected chi connectivity index (χ2v) is 15.4. The Morgan fingerprint density at radius 1 is 0.936 bits per heavy atom. The summed E-state index contributed by atoms with van der Waals surface area (Å²) in [6.07, 6.45) is 8.54. The minimum Gasteiger partial charge on any atom is -0.507 e. The number of phenolic OH excluding ortho intramolecular Hbond substituents is 1. The number of benzene rings is 1. The molecular weight excluding hydrogens is 590 g/mol. The molecule has 1 atom stereocenters. The number of nitrogens with zero attached hydrogens (tertiary/aromatic N) is 6. The van der Waals surface area contributed by atoms with Gasteiger partial charge < -0.3 is 24.6 Å².